The zero-order chi connectivity index (χ0) is 12.5. The van der Waals surface area contributed by atoms with Crippen LogP contribution >= 0.6 is 0 Å². The van der Waals surface area contributed by atoms with Gasteiger partial charge >= 0.3 is 5.97 Å². The van der Waals surface area contributed by atoms with Crippen LogP contribution in [0.15, 0.2) is 0 Å². The summed E-state index contributed by atoms with van der Waals surface area (Å²) in [4.78, 5) is 11.7. The Bertz CT molecular complexity index is 252. The molecule has 0 bridgehead atoms. The van der Waals surface area contributed by atoms with Gasteiger partial charge < -0.3 is 9.84 Å². The number of cyclic esters (lactones) is 1. The van der Waals surface area contributed by atoms with Crippen LogP contribution in [0.1, 0.15) is 41.0 Å². The van der Waals surface area contributed by atoms with Crippen LogP contribution in [-0.4, -0.2) is 23.8 Å². The molecule has 94 valence electrons. The molecule has 3 heteroatoms. The Balaban J connectivity index is 2.71. The van der Waals surface area contributed by atoms with Gasteiger partial charge in [-0.05, 0) is 17.8 Å². The Kier molecular flexibility index (Phi) is 4.00. The van der Waals surface area contributed by atoms with Gasteiger partial charge in [-0.15, -0.1) is 0 Å². The summed E-state index contributed by atoms with van der Waals surface area (Å²) in [6, 6.07) is 0. The molecule has 0 aromatic heterocycles. The van der Waals surface area contributed by atoms with Gasteiger partial charge in [0, 0.05) is 5.92 Å². The van der Waals surface area contributed by atoms with Gasteiger partial charge in [-0.2, -0.15) is 0 Å². The molecule has 0 saturated carbocycles. The maximum atomic E-state index is 11.7. The topological polar surface area (TPSA) is 46.5 Å². The summed E-state index contributed by atoms with van der Waals surface area (Å²) in [6.45, 7) is 10.5. The fourth-order valence-electron chi connectivity index (χ4n) is 2.25. The Morgan fingerprint density at radius 1 is 1.38 bits per heavy atom. The maximum Gasteiger partial charge on any atom is 0.309 e. The smallest absolute Gasteiger partial charge is 0.309 e. The standard InChI is InChI=1S/C13H24O3/c1-8(2)11(14)9-6-10(13(3,4)5)12(15)16-7-9/h8-11,14H,6-7H2,1-5H3/t9-,10+,11?/m1/s1. The molecular weight excluding hydrogens is 204 g/mol. The van der Waals surface area contributed by atoms with Gasteiger partial charge in [0.25, 0.3) is 0 Å². The molecule has 1 aliphatic heterocycles. The van der Waals surface area contributed by atoms with Gasteiger partial charge in [-0.25, -0.2) is 0 Å². The van der Waals surface area contributed by atoms with Crippen LogP contribution in [0.5, 0.6) is 0 Å². The number of aliphatic hydroxyl groups is 1. The Labute approximate surface area is 98.2 Å². The molecular formula is C13H24O3. The quantitative estimate of drug-likeness (QED) is 0.737. The number of aliphatic hydroxyl groups excluding tert-OH is 1. The van der Waals surface area contributed by atoms with E-state index < -0.39 is 0 Å². The molecule has 0 aromatic carbocycles. The van der Waals surface area contributed by atoms with Gasteiger partial charge in [0.05, 0.1) is 18.6 Å². The van der Waals surface area contributed by atoms with Gasteiger partial charge in [0.15, 0.2) is 0 Å². The third kappa shape index (κ3) is 2.97. The van der Waals surface area contributed by atoms with E-state index in [9.17, 15) is 9.90 Å². The third-order valence-corrected chi connectivity index (χ3v) is 3.47. The number of ether oxygens (including phenoxy) is 1. The summed E-state index contributed by atoms with van der Waals surface area (Å²) in [7, 11) is 0. The molecule has 0 spiro atoms. The molecule has 1 unspecified atom stereocenters. The van der Waals surface area contributed by atoms with E-state index in [0.717, 1.165) is 6.42 Å². The van der Waals surface area contributed by atoms with E-state index in [1.807, 2.05) is 34.6 Å². The molecule has 1 rings (SSSR count). The maximum absolute atomic E-state index is 11.7. The third-order valence-electron chi connectivity index (χ3n) is 3.47. The molecule has 0 aliphatic carbocycles. The first kappa shape index (κ1) is 13.5. The number of hydrogen-bond donors (Lipinski definition) is 1. The lowest BCUT2D eigenvalue weighted by atomic mass is 9.73. The predicted molar refractivity (Wildman–Crippen MR) is 62.9 cm³/mol. The number of esters is 1. The highest BCUT2D eigenvalue weighted by molar-refractivity contribution is 5.74. The highest BCUT2D eigenvalue weighted by atomic mass is 16.5. The van der Waals surface area contributed by atoms with Gasteiger partial charge in [0.1, 0.15) is 0 Å². The molecule has 16 heavy (non-hydrogen) atoms. The zero-order valence-electron chi connectivity index (χ0n) is 11.0. The molecule has 1 N–H and O–H groups in total. The molecule has 3 atom stereocenters. The average molecular weight is 228 g/mol. The van der Waals surface area contributed by atoms with Crippen LogP contribution in [0.3, 0.4) is 0 Å². The van der Waals surface area contributed by atoms with Crippen molar-refractivity contribution in [2.45, 2.75) is 47.1 Å². The number of carbonyl (C=O) groups excluding carboxylic acids is 1. The number of carbonyl (C=O) groups is 1. The first-order valence-electron chi connectivity index (χ1n) is 6.08. The Hall–Kier alpha value is -0.570. The highest BCUT2D eigenvalue weighted by Gasteiger charge is 2.40. The minimum atomic E-state index is -0.377. The summed E-state index contributed by atoms with van der Waals surface area (Å²) >= 11 is 0. The summed E-state index contributed by atoms with van der Waals surface area (Å²) in [5.74, 6) is 0.0868. The normalized spacial score (nSPS) is 29.1. The van der Waals surface area contributed by atoms with Crippen molar-refractivity contribution in [1.29, 1.82) is 0 Å². The van der Waals surface area contributed by atoms with Gasteiger partial charge in [-0.1, -0.05) is 34.6 Å². The minimum Gasteiger partial charge on any atom is -0.465 e. The fourth-order valence-corrected chi connectivity index (χ4v) is 2.25. The number of rotatable bonds is 2. The molecule has 1 fully saturated rings. The molecule has 1 saturated heterocycles. The van der Waals surface area contributed by atoms with Crippen LogP contribution in [0, 0.1) is 23.2 Å². The lowest BCUT2D eigenvalue weighted by Crippen LogP contribution is -2.43. The molecule has 0 aromatic rings. The van der Waals surface area contributed by atoms with E-state index in [2.05, 4.69) is 0 Å². The first-order valence-corrected chi connectivity index (χ1v) is 6.08. The fraction of sp³-hybridized carbons (Fsp3) is 0.923. The molecule has 1 aliphatic rings. The zero-order valence-corrected chi connectivity index (χ0v) is 11.0. The van der Waals surface area contributed by atoms with E-state index >= 15 is 0 Å². The molecule has 0 radical (unpaired) electrons. The Morgan fingerprint density at radius 3 is 2.38 bits per heavy atom. The second-order valence-corrected chi connectivity index (χ2v) is 6.28. The van der Waals surface area contributed by atoms with Crippen molar-refractivity contribution in [1.82, 2.24) is 0 Å². The molecule has 1 heterocycles. The van der Waals surface area contributed by atoms with Gasteiger partial charge in [-0.3, -0.25) is 4.79 Å². The monoisotopic (exact) mass is 228 g/mol. The van der Waals surface area contributed by atoms with E-state index in [0.29, 0.717) is 6.61 Å². The van der Waals surface area contributed by atoms with Crippen molar-refractivity contribution in [2.24, 2.45) is 23.2 Å². The minimum absolute atomic E-state index is 0.0851. The van der Waals surface area contributed by atoms with Crippen molar-refractivity contribution in [3.63, 3.8) is 0 Å². The molecule has 0 amide bonds. The van der Waals surface area contributed by atoms with Crippen molar-refractivity contribution in [3.05, 3.63) is 0 Å². The average Bonchev–Trinajstić information content (AvgIpc) is 2.15. The van der Waals surface area contributed by atoms with Gasteiger partial charge in [0.2, 0.25) is 0 Å². The summed E-state index contributed by atoms with van der Waals surface area (Å²) in [5.41, 5.74) is -0.0908. The van der Waals surface area contributed by atoms with Crippen LogP contribution in [0.4, 0.5) is 0 Å². The van der Waals surface area contributed by atoms with Crippen LogP contribution < -0.4 is 0 Å². The largest absolute Gasteiger partial charge is 0.465 e. The van der Waals surface area contributed by atoms with Crippen molar-refractivity contribution in [3.8, 4) is 0 Å². The van der Waals surface area contributed by atoms with E-state index in [4.69, 9.17) is 4.74 Å². The second kappa shape index (κ2) is 4.74. The summed E-state index contributed by atoms with van der Waals surface area (Å²) in [5, 5.41) is 10.0. The lowest BCUT2D eigenvalue weighted by molar-refractivity contribution is -0.165. The summed E-state index contributed by atoms with van der Waals surface area (Å²) in [6.07, 6.45) is 0.361. The van der Waals surface area contributed by atoms with E-state index in [1.165, 1.54) is 0 Å². The van der Waals surface area contributed by atoms with Crippen LogP contribution in [0.25, 0.3) is 0 Å². The van der Waals surface area contributed by atoms with Crippen molar-refractivity contribution in [2.75, 3.05) is 6.61 Å². The van der Waals surface area contributed by atoms with E-state index in [1.54, 1.807) is 0 Å². The first-order chi connectivity index (χ1) is 7.23. The number of hydrogen-bond acceptors (Lipinski definition) is 3. The Morgan fingerprint density at radius 2 is 1.94 bits per heavy atom. The van der Waals surface area contributed by atoms with E-state index in [-0.39, 0.29) is 35.2 Å². The van der Waals surface area contributed by atoms with Crippen LogP contribution in [0.2, 0.25) is 0 Å². The van der Waals surface area contributed by atoms with Crippen molar-refractivity contribution >= 4 is 5.97 Å². The predicted octanol–water partition coefficient (Wildman–Crippen LogP) is 2.23. The van der Waals surface area contributed by atoms with Crippen molar-refractivity contribution < 1.29 is 14.6 Å². The second-order valence-electron chi connectivity index (χ2n) is 6.28. The van der Waals surface area contributed by atoms with Crippen LogP contribution in [-0.2, 0) is 9.53 Å². The highest BCUT2D eigenvalue weighted by Crippen LogP contribution is 2.37. The summed E-state index contributed by atoms with van der Waals surface area (Å²) < 4.78 is 5.20. The molecule has 3 nitrogen and oxygen atoms in total. The lowest BCUT2D eigenvalue weighted by Gasteiger charge is -2.38. The SMILES string of the molecule is CC(C)C(O)[C@H]1COC(=O)[C@@H](C(C)(C)C)C1.